The van der Waals surface area contributed by atoms with Crippen LogP contribution in [0.25, 0.3) is 0 Å². The zero-order valence-electron chi connectivity index (χ0n) is 11.9. The van der Waals surface area contributed by atoms with Gasteiger partial charge in [0.1, 0.15) is 6.26 Å². The van der Waals surface area contributed by atoms with Crippen LogP contribution in [-0.2, 0) is 0 Å². The van der Waals surface area contributed by atoms with E-state index in [1.54, 1.807) is 6.07 Å². The van der Waals surface area contributed by atoms with Gasteiger partial charge >= 0.3 is 6.03 Å². The highest BCUT2D eigenvalue weighted by Gasteiger charge is 2.47. The Morgan fingerprint density at radius 3 is 2.47 bits per heavy atom. The van der Waals surface area contributed by atoms with Crippen molar-refractivity contribution in [3.63, 3.8) is 0 Å². The molecule has 0 atom stereocenters. The van der Waals surface area contributed by atoms with E-state index < -0.39 is 0 Å². The molecule has 3 N–H and O–H groups in total. The fourth-order valence-electron chi connectivity index (χ4n) is 3.35. The third kappa shape index (κ3) is 2.73. The molecule has 2 heterocycles. The summed E-state index contributed by atoms with van der Waals surface area (Å²) in [6.45, 7) is 8.15. The Morgan fingerprint density at radius 2 is 2.00 bits per heavy atom. The van der Waals surface area contributed by atoms with Gasteiger partial charge in [-0.25, -0.2) is 4.79 Å². The first-order chi connectivity index (χ1) is 8.72. The standard InChI is InChI=1S/C13H22N4O2/c1-12(2)7-9(14)8-13(3,4)17(12)11(18)15-10-5-6-19-16-10/h5-6,9H,7-8,14H2,1-4H3,(H,15,16,18). The zero-order chi connectivity index (χ0) is 14.3. The molecule has 2 rings (SSSR count). The van der Waals surface area contributed by atoms with Gasteiger partial charge in [-0.1, -0.05) is 5.16 Å². The quantitative estimate of drug-likeness (QED) is 0.816. The van der Waals surface area contributed by atoms with E-state index in [0.29, 0.717) is 5.82 Å². The lowest BCUT2D eigenvalue weighted by Crippen LogP contribution is -2.66. The molecule has 0 aliphatic carbocycles. The Bertz CT molecular complexity index is 435. The molecule has 2 amide bonds. The summed E-state index contributed by atoms with van der Waals surface area (Å²) in [5.74, 6) is 0.423. The second-order valence-corrected chi connectivity index (χ2v) is 6.44. The predicted octanol–water partition coefficient (Wildman–Crippen LogP) is 2.19. The maximum atomic E-state index is 12.5. The summed E-state index contributed by atoms with van der Waals surface area (Å²) in [6.07, 6.45) is 2.99. The van der Waals surface area contributed by atoms with Gasteiger partial charge < -0.3 is 15.2 Å². The number of nitrogens with two attached hydrogens (primary N) is 1. The minimum absolute atomic E-state index is 0.112. The predicted molar refractivity (Wildman–Crippen MR) is 72.7 cm³/mol. The number of likely N-dealkylation sites (tertiary alicyclic amines) is 1. The second kappa shape index (κ2) is 4.52. The van der Waals surface area contributed by atoms with Crippen molar-refractivity contribution < 1.29 is 9.32 Å². The minimum atomic E-state index is -0.297. The first-order valence-corrected chi connectivity index (χ1v) is 6.50. The molecule has 106 valence electrons. The molecule has 6 nitrogen and oxygen atoms in total. The normalized spacial score (nSPS) is 22.3. The lowest BCUT2D eigenvalue weighted by Gasteiger charge is -2.54. The lowest BCUT2D eigenvalue weighted by atomic mass is 9.77. The third-order valence-electron chi connectivity index (χ3n) is 3.61. The van der Waals surface area contributed by atoms with Crippen LogP contribution in [0.4, 0.5) is 10.6 Å². The van der Waals surface area contributed by atoms with Crippen molar-refractivity contribution in [2.75, 3.05) is 5.32 Å². The molecule has 0 aromatic carbocycles. The number of anilines is 1. The molecule has 1 aromatic rings. The van der Waals surface area contributed by atoms with Crippen LogP contribution in [0.1, 0.15) is 40.5 Å². The molecule has 0 unspecified atom stereocenters. The van der Waals surface area contributed by atoms with Crippen LogP contribution >= 0.6 is 0 Å². The van der Waals surface area contributed by atoms with Gasteiger partial charge in [0.2, 0.25) is 0 Å². The van der Waals surface area contributed by atoms with Gasteiger partial charge in [-0.2, -0.15) is 0 Å². The van der Waals surface area contributed by atoms with Gasteiger partial charge in [-0.15, -0.1) is 0 Å². The van der Waals surface area contributed by atoms with Gasteiger partial charge in [-0.05, 0) is 40.5 Å². The number of nitrogens with one attached hydrogen (secondary N) is 1. The summed E-state index contributed by atoms with van der Waals surface area (Å²) >= 11 is 0. The number of aromatic nitrogens is 1. The van der Waals surface area contributed by atoms with E-state index in [1.165, 1.54) is 6.26 Å². The van der Waals surface area contributed by atoms with Crippen LogP contribution < -0.4 is 11.1 Å². The van der Waals surface area contributed by atoms with E-state index >= 15 is 0 Å². The maximum Gasteiger partial charge on any atom is 0.323 e. The molecule has 0 radical (unpaired) electrons. The summed E-state index contributed by atoms with van der Waals surface area (Å²) in [4.78, 5) is 14.4. The summed E-state index contributed by atoms with van der Waals surface area (Å²) in [5, 5.41) is 6.46. The fourth-order valence-corrected chi connectivity index (χ4v) is 3.35. The molecule has 1 fully saturated rings. The van der Waals surface area contributed by atoms with E-state index in [0.717, 1.165) is 12.8 Å². The van der Waals surface area contributed by atoms with Gasteiger partial charge in [0, 0.05) is 23.2 Å². The average molecular weight is 266 g/mol. The highest BCUT2D eigenvalue weighted by Crippen LogP contribution is 2.38. The number of nitrogens with zero attached hydrogens (tertiary/aromatic N) is 2. The van der Waals surface area contributed by atoms with E-state index in [-0.39, 0.29) is 23.2 Å². The fraction of sp³-hybridized carbons (Fsp3) is 0.692. The second-order valence-electron chi connectivity index (χ2n) is 6.44. The molecule has 0 bridgehead atoms. The number of urea groups is 1. The number of carbonyl (C=O) groups is 1. The van der Waals surface area contributed by atoms with Crippen molar-refractivity contribution in [3.05, 3.63) is 12.3 Å². The Balaban J connectivity index is 2.22. The van der Waals surface area contributed by atoms with Gasteiger partial charge in [0.05, 0.1) is 0 Å². The Labute approximate surface area is 113 Å². The monoisotopic (exact) mass is 266 g/mol. The van der Waals surface area contributed by atoms with Crippen LogP contribution in [0.3, 0.4) is 0 Å². The number of hydrogen-bond acceptors (Lipinski definition) is 4. The molecule has 1 aliphatic rings. The molecule has 0 spiro atoms. The van der Waals surface area contributed by atoms with Crippen molar-refractivity contribution in [1.82, 2.24) is 10.1 Å². The zero-order valence-corrected chi connectivity index (χ0v) is 11.9. The highest BCUT2D eigenvalue weighted by atomic mass is 16.5. The third-order valence-corrected chi connectivity index (χ3v) is 3.61. The van der Waals surface area contributed by atoms with E-state index in [9.17, 15) is 4.79 Å². The summed E-state index contributed by atoms with van der Waals surface area (Å²) in [6, 6.07) is 1.56. The largest absolute Gasteiger partial charge is 0.363 e. The van der Waals surface area contributed by atoms with Crippen molar-refractivity contribution >= 4 is 11.8 Å². The van der Waals surface area contributed by atoms with Crippen molar-refractivity contribution in [2.45, 2.75) is 57.7 Å². The van der Waals surface area contributed by atoms with Crippen LogP contribution in [-0.4, -0.2) is 33.2 Å². The first-order valence-electron chi connectivity index (χ1n) is 6.50. The van der Waals surface area contributed by atoms with Gasteiger partial charge in [0.15, 0.2) is 5.82 Å². The van der Waals surface area contributed by atoms with Gasteiger partial charge in [0.25, 0.3) is 0 Å². The van der Waals surface area contributed by atoms with Crippen molar-refractivity contribution in [1.29, 1.82) is 0 Å². The molecular formula is C13H22N4O2. The number of carbonyl (C=O) groups excluding carboxylic acids is 1. The molecule has 1 aliphatic heterocycles. The highest BCUT2D eigenvalue weighted by molar-refractivity contribution is 5.89. The smallest absolute Gasteiger partial charge is 0.323 e. The SMILES string of the molecule is CC1(C)CC(N)CC(C)(C)N1C(=O)Nc1ccon1. The van der Waals surface area contributed by atoms with E-state index in [1.807, 2.05) is 32.6 Å². The van der Waals surface area contributed by atoms with Crippen molar-refractivity contribution in [3.8, 4) is 0 Å². The summed E-state index contributed by atoms with van der Waals surface area (Å²) in [5.41, 5.74) is 5.51. The molecule has 1 saturated heterocycles. The molecule has 19 heavy (non-hydrogen) atoms. The molecule has 1 aromatic heterocycles. The molecule has 6 heteroatoms. The maximum absolute atomic E-state index is 12.5. The number of hydrogen-bond donors (Lipinski definition) is 2. The Kier molecular flexibility index (Phi) is 3.30. The minimum Gasteiger partial charge on any atom is -0.363 e. The summed E-state index contributed by atoms with van der Waals surface area (Å²) < 4.78 is 4.72. The van der Waals surface area contributed by atoms with E-state index in [4.69, 9.17) is 10.3 Å². The van der Waals surface area contributed by atoms with Crippen LogP contribution in [0, 0.1) is 0 Å². The van der Waals surface area contributed by atoms with Crippen molar-refractivity contribution in [2.24, 2.45) is 5.73 Å². The number of piperidine rings is 1. The first kappa shape index (κ1) is 13.9. The number of amides is 2. The number of rotatable bonds is 1. The topological polar surface area (TPSA) is 84.4 Å². The Morgan fingerprint density at radius 1 is 1.42 bits per heavy atom. The van der Waals surface area contributed by atoms with Crippen LogP contribution in [0.2, 0.25) is 0 Å². The Hall–Kier alpha value is -1.56. The van der Waals surface area contributed by atoms with Crippen LogP contribution in [0.15, 0.2) is 16.9 Å². The van der Waals surface area contributed by atoms with Gasteiger partial charge in [-0.3, -0.25) is 5.32 Å². The summed E-state index contributed by atoms with van der Waals surface area (Å²) in [7, 11) is 0. The molecule has 0 saturated carbocycles. The van der Waals surface area contributed by atoms with E-state index in [2.05, 4.69) is 10.5 Å². The lowest BCUT2D eigenvalue weighted by molar-refractivity contribution is 0.00871. The molecular weight excluding hydrogens is 244 g/mol. The van der Waals surface area contributed by atoms with Crippen LogP contribution in [0.5, 0.6) is 0 Å². The average Bonchev–Trinajstić information content (AvgIpc) is 2.64.